The largest absolute Gasteiger partial charge is 0.451 e. The van der Waals surface area contributed by atoms with E-state index < -0.39 is 0 Å². The summed E-state index contributed by atoms with van der Waals surface area (Å²) in [6, 6.07) is 0. The van der Waals surface area contributed by atoms with E-state index in [9.17, 15) is 0 Å². The molecule has 1 aromatic rings. The third-order valence-corrected chi connectivity index (χ3v) is 0.962. The van der Waals surface area contributed by atoms with Crippen molar-refractivity contribution in [3.05, 3.63) is 18.4 Å². The summed E-state index contributed by atoms with van der Waals surface area (Å²) in [6.45, 7) is 0.844. The molecule has 1 aromatic heterocycles. The minimum atomic E-state index is 0.844. The molecule has 0 N–H and O–H groups in total. The Morgan fingerprint density at radius 3 is 2.89 bits per heavy atom. The van der Waals surface area contributed by atoms with Crippen LogP contribution in [0.3, 0.4) is 0 Å². The van der Waals surface area contributed by atoms with Gasteiger partial charge in [0.2, 0.25) is 0 Å². The van der Waals surface area contributed by atoms with Crippen LogP contribution < -0.4 is 0 Å². The van der Waals surface area contributed by atoms with Crippen molar-refractivity contribution in [2.24, 2.45) is 0 Å². The van der Waals surface area contributed by atoms with Gasteiger partial charge in [0.05, 0.1) is 5.69 Å². The van der Waals surface area contributed by atoms with Crippen molar-refractivity contribution in [3.63, 3.8) is 0 Å². The van der Waals surface area contributed by atoms with Crippen LogP contribution in [0.25, 0.3) is 0 Å². The van der Waals surface area contributed by atoms with E-state index in [2.05, 4.69) is 4.98 Å². The van der Waals surface area contributed by atoms with Gasteiger partial charge < -0.3 is 9.32 Å². The van der Waals surface area contributed by atoms with E-state index in [1.54, 1.807) is 6.26 Å². The average Bonchev–Trinajstić information content (AvgIpc) is 2.15. The van der Waals surface area contributed by atoms with Crippen LogP contribution in [0.15, 0.2) is 17.1 Å². The molecule has 0 saturated carbocycles. The van der Waals surface area contributed by atoms with E-state index in [1.165, 1.54) is 6.39 Å². The van der Waals surface area contributed by atoms with Gasteiger partial charge in [-0.05, 0) is 14.1 Å². The monoisotopic (exact) mass is 126 g/mol. The number of nitrogens with zero attached hydrogens (tertiary/aromatic N) is 2. The molecule has 0 fully saturated rings. The summed E-state index contributed by atoms with van der Waals surface area (Å²) in [5, 5.41) is 0. The van der Waals surface area contributed by atoms with Crippen LogP contribution in [-0.2, 0) is 6.54 Å². The molecule has 1 heterocycles. The quantitative estimate of drug-likeness (QED) is 0.585. The molecule has 0 radical (unpaired) electrons. The van der Waals surface area contributed by atoms with Gasteiger partial charge in [-0.2, -0.15) is 0 Å². The van der Waals surface area contributed by atoms with Crippen LogP contribution in [0.4, 0.5) is 0 Å². The van der Waals surface area contributed by atoms with Gasteiger partial charge in [-0.15, -0.1) is 0 Å². The van der Waals surface area contributed by atoms with Gasteiger partial charge in [0.15, 0.2) is 6.39 Å². The van der Waals surface area contributed by atoms with Crippen molar-refractivity contribution in [1.29, 1.82) is 0 Å². The lowest BCUT2D eigenvalue weighted by Crippen LogP contribution is -2.10. The molecular formula is C6H10N2O. The Hall–Kier alpha value is -0.830. The summed E-state index contributed by atoms with van der Waals surface area (Å²) in [5.74, 6) is 0. The second-order valence-corrected chi connectivity index (χ2v) is 2.22. The van der Waals surface area contributed by atoms with Crippen molar-refractivity contribution in [3.8, 4) is 0 Å². The molecule has 0 aliphatic heterocycles. The molecule has 0 saturated heterocycles. The number of oxazole rings is 1. The highest BCUT2D eigenvalue weighted by atomic mass is 16.3. The third kappa shape index (κ3) is 1.85. The van der Waals surface area contributed by atoms with Gasteiger partial charge in [-0.1, -0.05) is 0 Å². The first-order valence-electron chi connectivity index (χ1n) is 2.81. The molecule has 0 spiro atoms. The van der Waals surface area contributed by atoms with Gasteiger partial charge in [0.25, 0.3) is 0 Å². The van der Waals surface area contributed by atoms with Crippen LogP contribution in [0.2, 0.25) is 0 Å². The highest BCUT2D eigenvalue weighted by Crippen LogP contribution is 1.95. The van der Waals surface area contributed by atoms with Crippen molar-refractivity contribution < 1.29 is 4.42 Å². The van der Waals surface area contributed by atoms with Crippen molar-refractivity contribution >= 4 is 0 Å². The topological polar surface area (TPSA) is 29.3 Å². The van der Waals surface area contributed by atoms with Crippen LogP contribution in [0.5, 0.6) is 0 Å². The third-order valence-electron chi connectivity index (χ3n) is 0.962. The minimum absolute atomic E-state index is 0.844. The zero-order chi connectivity index (χ0) is 6.69. The van der Waals surface area contributed by atoms with Crippen LogP contribution in [0.1, 0.15) is 5.69 Å². The standard InChI is InChI=1S/C6H10N2O/c1-8(2)3-6-4-9-5-7-6/h4-5H,3H2,1-2H3. The summed E-state index contributed by atoms with van der Waals surface area (Å²) in [5.41, 5.74) is 0.972. The van der Waals surface area contributed by atoms with Crippen LogP contribution in [-0.4, -0.2) is 24.0 Å². The second-order valence-electron chi connectivity index (χ2n) is 2.22. The normalized spacial score (nSPS) is 10.6. The van der Waals surface area contributed by atoms with Crippen molar-refractivity contribution in [2.45, 2.75) is 6.54 Å². The van der Waals surface area contributed by atoms with Crippen molar-refractivity contribution in [1.82, 2.24) is 9.88 Å². The molecule has 1 rings (SSSR count). The SMILES string of the molecule is CN(C)Cc1cocn1. The molecule has 0 unspecified atom stereocenters. The lowest BCUT2D eigenvalue weighted by molar-refractivity contribution is 0.396. The number of hydrogen-bond acceptors (Lipinski definition) is 3. The molecular weight excluding hydrogens is 116 g/mol. The van der Waals surface area contributed by atoms with Crippen LogP contribution >= 0.6 is 0 Å². The number of hydrogen-bond donors (Lipinski definition) is 0. The van der Waals surface area contributed by atoms with E-state index in [1.807, 2.05) is 19.0 Å². The summed E-state index contributed by atoms with van der Waals surface area (Å²) < 4.78 is 4.78. The lowest BCUT2D eigenvalue weighted by atomic mass is 10.5. The smallest absolute Gasteiger partial charge is 0.180 e. The Morgan fingerprint density at radius 2 is 2.44 bits per heavy atom. The first kappa shape index (κ1) is 6.29. The second kappa shape index (κ2) is 2.64. The van der Waals surface area contributed by atoms with E-state index in [0.29, 0.717) is 0 Å². The number of rotatable bonds is 2. The molecule has 3 nitrogen and oxygen atoms in total. The van der Waals surface area contributed by atoms with Gasteiger partial charge in [-0.3, -0.25) is 0 Å². The zero-order valence-electron chi connectivity index (χ0n) is 5.66. The maximum atomic E-state index is 4.78. The average molecular weight is 126 g/mol. The fourth-order valence-electron chi connectivity index (χ4n) is 0.640. The Morgan fingerprint density at radius 1 is 1.67 bits per heavy atom. The fourth-order valence-corrected chi connectivity index (χ4v) is 0.640. The molecule has 50 valence electrons. The summed E-state index contributed by atoms with van der Waals surface area (Å²) in [6.07, 6.45) is 3.10. The Kier molecular flexibility index (Phi) is 1.85. The highest BCUT2D eigenvalue weighted by Gasteiger charge is 1.95. The molecule has 0 aromatic carbocycles. The molecule has 0 aliphatic rings. The van der Waals surface area contributed by atoms with Gasteiger partial charge in [0, 0.05) is 6.54 Å². The molecule has 3 heteroatoms. The lowest BCUT2D eigenvalue weighted by Gasteiger charge is -2.04. The first-order chi connectivity index (χ1) is 4.29. The Labute approximate surface area is 54.3 Å². The summed E-state index contributed by atoms with van der Waals surface area (Å²) >= 11 is 0. The predicted molar refractivity (Wildman–Crippen MR) is 33.9 cm³/mol. The maximum Gasteiger partial charge on any atom is 0.180 e. The fraction of sp³-hybridized carbons (Fsp3) is 0.500. The van der Waals surface area contributed by atoms with E-state index >= 15 is 0 Å². The van der Waals surface area contributed by atoms with Crippen LogP contribution in [0, 0.1) is 0 Å². The van der Waals surface area contributed by atoms with E-state index in [-0.39, 0.29) is 0 Å². The first-order valence-corrected chi connectivity index (χ1v) is 2.81. The predicted octanol–water partition coefficient (Wildman–Crippen LogP) is 0.736. The number of aromatic nitrogens is 1. The minimum Gasteiger partial charge on any atom is -0.451 e. The van der Waals surface area contributed by atoms with Gasteiger partial charge in [0.1, 0.15) is 6.26 Å². The highest BCUT2D eigenvalue weighted by molar-refractivity contribution is 4.89. The molecule has 9 heavy (non-hydrogen) atoms. The van der Waals surface area contributed by atoms with Gasteiger partial charge >= 0.3 is 0 Å². The van der Waals surface area contributed by atoms with Gasteiger partial charge in [-0.25, -0.2) is 4.98 Å². The molecule has 0 aliphatic carbocycles. The van der Waals surface area contributed by atoms with E-state index in [0.717, 1.165) is 12.2 Å². The maximum absolute atomic E-state index is 4.78. The zero-order valence-corrected chi connectivity index (χ0v) is 5.66. The Bertz CT molecular complexity index is 158. The summed E-state index contributed by atoms with van der Waals surface area (Å²) in [4.78, 5) is 5.99. The van der Waals surface area contributed by atoms with Crippen molar-refractivity contribution in [2.75, 3.05) is 14.1 Å². The summed E-state index contributed by atoms with van der Waals surface area (Å²) in [7, 11) is 3.99. The molecule has 0 bridgehead atoms. The van der Waals surface area contributed by atoms with E-state index in [4.69, 9.17) is 4.42 Å². The molecule has 0 atom stereocenters. The Balaban J connectivity index is 2.48. The molecule has 0 amide bonds.